The zero-order valence-corrected chi connectivity index (χ0v) is 20.3. The van der Waals surface area contributed by atoms with E-state index in [0.29, 0.717) is 22.2 Å². The van der Waals surface area contributed by atoms with Crippen LogP contribution < -0.4 is 20.9 Å². The largest absolute Gasteiger partial charge is 0.482 e. The third-order valence-corrected chi connectivity index (χ3v) is 6.26. The van der Waals surface area contributed by atoms with Crippen molar-refractivity contribution >= 4 is 29.1 Å². The van der Waals surface area contributed by atoms with Gasteiger partial charge in [-0.3, -0.25) is 19.9 Å². The molecule has 0 spiro atoms. The fraction of sp³-hybridized carbons (Fsp3) is 0.107. The van der Waals surface area contributed by atoms with Gasteiger partial charge in [0.25, 0.3) is 11.8 Å². The van der Waals surface area contributed by atoms with Gasteiger partial charge < -0.3 is 4.74 Å². The summed E-state index contributed by atoms with van der Waals surface area (Å²) in [6.45, 7) is 1.69. The minimum absolute atomic E-state index is 0.147. The van der Waals surface area contributed by atoms with E-state index < -0.39 is 5.91 Å². The van der Waals surface area contributed by atoms with Crippen LogP contribution >= 0.6 is 11.6 Å². The van der Waals surface area contributed by atoms with E-state index in [1.54, 1.807) is 6.07 Å². The Morgan fingerprint density at radius 1 is 0.944 bits per heavy atom. The number of hydrogen-bond acceptors (Lipinski definition) is 5. The number of amides is 2. The van der Waals surface area contributed by atoms with Gasteiger partial charge in [0.2, 0.25) is 0 Å². The van der Waals surface area contributed by atoms with Crippen LogP contribution in [-0.2, 0) is 9.59 Å². The van der Waals surface area contributed by atoms with Gasteiger partial charge in [-0.25, -0.2) is 10.8 Å². The minimum atomic E-state index is -0.480. The molecule has 0 fully saturated rings. The van der Waals surface area contributed by atoms with Crippen molar-refractivity contribution in [2.75, 3.05) is 18.1 Å². The molecule has 0 radical (unpaired) electrons. The van der Waals surface area contributed by atoms with Crippen LogP contribution in [0.5, 0.6) is 5.75 Å². The van der Waals surface area contributed by atoms with Crippen LogP contribution in [0, 0.1) is 6.92 Å². The molecule has 0 atom stereocenters. The van der Waals surface area contributed by atoms with Gasteiger partial charge in [-0.05, 0) is 60.5 Å². The Kier molecular flexibility index (Phi) is 6.41. The summed E-state index contributed by atoms with van der Waals surface area (Å²) in [5.74, 6) is 4.95. The molecule has 0 unspecified atom stereocenters. The summed E-state index contributed by atoms with van der Waals surface area (Å²) in [4.78, 5) is 30.8. The smallest absolute Gasteiger partial charge is 0.265 e. The van der Waals surface area contributed by atoms with Gasteiger partial charge in [0.15, 0.2) is 6.61 Å². The van der Waals surface area contributed by atoms with Crippen molar-refractivity contribution < 1.29 is 14.3 Å². The number of hydrogen-bond donors (Lipinski definition) is 2. The molecule has 2 amide bonds. The first-order valence-electron chi connectivity index (χ1n) is 11.3. The van der Waals surface area contributed by atoms with Crippen LogP contribution in [0.4, 0.5) is 5.69 Å². The van der Waals surface area contributed by atoms with Crippen LogP contribution in [0.1, 0.15) is 5.56 Å². The van der Waals surface area contributed by atoms with E-state index in [4.69, 9.17) is 27.2 Å². The lowest BCUT2D eigenvalue weighted by molar-refractivity contribution is -0.125. The zero-order valence-electron chi connectivity index (χ0n) is 19.5. The van der Waals surface area contributed by atoms with Crippen LogP contribution in [0.3, 0.4) is 0 Å². The molecule has 4 aromatic rings. The normalized spacial score (nSPS) is 12.6. The molecule has 3 N–H and O–H groups in total. The first-order chi connectivity index (χ1) is 17.4. The molecule has 0 bridgehead atoms. The van der Waals surface area contributed by atoms with Crippen LogP contribution in [0.25, 0.3) is 33.6 Å². The average Bonchev–Trinajstić information content (AvgIpc) is 2.90. The lowest BCUT2D eigenvalue weighted by Crippen LogP contribution is -2.46. The van der Waals surface area contributed by atoms with E-state index in [9.17, 15) is 9.59 Å². The van der Waals surface area contributed by atoms with Crippen LogP contribution in [0.15, 0.2) is 78.9 Å². The monoisotopic (exact) mass is 498 g/mol. The quantitative estimate of drug-likeness (QED) is 0.235. The molecule has 7 nitrogen and oxygen atoms in total. The number of ether oxygens (including phenoxy) is 1. The highest BCUT2D eigenvalue weighted by atomic mass is 35.5. The van der Waals surface area contributed by atoms with Crippen molar-refractivity contribution in [3.63, 3.8) is 0 Å². The second-order valence-electron chi connectivity index (χ2n) is 8.52. The van der Waals surface area contributed by atoms with Gasteiger partial charge in [-0.1, -0.05) is 53.6 Å². The number of hydrazine groups is 1. The summed E-state index contributed by atoms with van der Waals surface area (Å²) < 4.78 is 5.59. The number of aromatic nitrogens is 1. The summed E-state index contributed by atoms with van der Waals surface area (Å²) in [5, 5.41) is 0.660. The molecular weight excluding hydrogens is 476 g/mol. The summed E-state index contributed by atoms with van der Waals surface area (Å²) in [6, 6.07) is 25.3. The highest BCUT2D eigenvalue weighted by Gasteiger charge is 2.28. The number of fused-ring (bicyclic) bond motifs is 1. The Morgan fingerprint density at radius 3 is 2.28 bits per heavy atom. The van der Waals surface area contributed by atoms with E-state index in [0.717, 1.165) is 33.5 Å². The SMILES string of the molecule is Cc1ccc(-c2cc(-c3ccc(Cl)cc3)cc(-c3ccc4c(c3)N(CC(=O)NN)C(=O)CO4)n2)cc1. The van der Waals surface area contributed by atoms with Crippen molar-refractivity contribution in [2.24, 2.45) is 5.84 Å². The fourth-order valence-corrected chi connectivity index (χ4v) is 4.21. The van der Waals surface area contributed by atoms with Gasteiger partial charge in [-0.15, -0.1) is 0 Å². The number of nitrogens with one attached hydrogen (secondary N) is 1. The number of nitrogens with zero attached hydrogens (tertiary/aromatic N) is 2. The third-order valence-electron chi connectivity index (χ3n) is 6.01. The van der Waals surface area contributed by atoms with Gasteiger partial charge in [0, 0.05) is 16.1 Å². The second kappa shape index (κ2) is 9.81. The highest BCUT2D eigenvalue weighted by Crippen LogP contribution is 2.37. The highest BCUT2D eigenvalue weighted by molar-refractivity contribution is 6.30. The minimum Gasteiger partial charge on any atom is -0.482 e. The molecule has 0 saturated carbocycles. The zero-order chi connectivity index (χ0) is 25.2. The Bertz CT molecular complexity index is 1390. The number of aryl methyl sites for hydroxylation is 1. The lowest BCUT2D eigenvalue weighted by atomic mass is 9.99. The number of rotatable bonds is 5. The number of carbonyl (C=O) groups is 2. The van der Waals surface area contributed by atoms with E-state index in [-0.39, 0.29) is 19.1 Å². The van der Waals surface area contributed by atoms with E-state index in [1.807, 2.05) is 79.7 Å². The predicted molar refractivity (Wildman–Crippen MR) is 140 cm³/mol. The van der Waals surface area contributed by atoms with Gasteiger partial charge >= 0.3 is 0 Å². The number of benzene rings is 3. The summed E-state index contributed by atoms with van der Waals surface area (Å²) in [6.07, 6.45) is 0. The van der Waals surface area contributed by atoms with E-state index in [1.165, 1.54) is 4.90 Å². The number of halogens is 1. The maximum atomic E-state index is 12.5. The number of nitrogens with two attached hydrogens (primary N) is 1. The fourth-order valence-electron chi connectivity index (χ4n) is 4.08. The standard InChI is InChI=1S/C28H23ClN4O3/c1-17-2-4-19(5-3-17)23-12-21(18-6-9-22(29)10-7-18)13-24(31-23)20-8-11-26-25(14-20)33(15-27(34)32-30)28(35)16-36-26/h2-14H,15-16,30H2,1H3,(H,32,34). The van der Waals surface area contributed by atoms with Crippen molar-refractivity contribution in [1.29, 1.82) is 0 Å². The molecule has 0 aliphatic carbocycles. The molecule has 0 saturated heterocycles. The summed E-state index contributed by atoms with van der Waals surface area (Å²) in [5.41, 5.74) is 8.96. The van der Waals surface area contributed by atoms with Crippen LogP contribution in [0.2, 0.25) is 5.02 Å². The molecule has 2 heterocycles. The number of pyridine rings is 1. The molecule has 1 aromatic heterocycles. The maximum absolute atomic E-state index is 12.5. The summed E-state index contributed by atoms with van der Waals surface area (Å²) >= 11 is 6.11. The van der Waals surface area contributed by atoms with Crippen molar-refractivity contribution in [3.05, 3.63) is 89.4 Å². The molecule has 36 heavy (non-hydrogen) atoms. The van der Waals surface area contributed by atoms with Crippen molar-refractivity contribution in [3.8, 4) is 39.4 Å². The maximum Gasteiger partial charge on any atom is 0.265 e. The molecule has 8 heteroatoms. The molecule has 3 aromatic carbocycles. The molecule has 1 aliphatic heterocycles. The summed E-state index contributed by atoms with van der Waals surface area (Å²) in [7, 11) is 0. The van der Waals surface area contributed by atoms with Gasteiger partial charge in [-0.2, -0.15) is 0 Å². The Balaban J connectivity index is 1.64. The third kappa shape index (κ3) is 4.79. The van der Waals surface area contributed by atoms with E-state index >= 15 is 0 Å². The first kappa shape index (κ1) is 23.5. The Labute approximate surface area is 213 Å². The number of anilines is 1. The molecule has 1 aliphatic rings. The van der Waals surface area contributed by atoms with Gasteiger partial charge in [0.05, 0.1) is 17.1 Å². The lowest BCUT2D eigenvalue weighted by Gasteiger charge is -2.29. The number of carbonyl (C=O) groups excluding carboxylic acids is 2. The van der Waals surface area contributed by atoms with E-state index in [2.05, 4.69) is 5.43 Å². The Hall–Kier alpha value is -4.20. The second-order valence-corrected chi connectivity index (χ2v) is 8.95. The molecular formula is C28H23ClN4O3. The van der Waals surface area contributed by atoms with Crippen molar-refractivity contribution in [2.45, 2.75) is 6.92 Å². The van der Waals surface area contributed by atoms with Crippen molar-refractivity contribution in [1.82, 2.24) is 10.4 Å². The van der Waals surface area contributed by atoms with Crippen LogP contribution in [-0.4, -0.2) is 29.9 Å². The topological polar surface area (TPSA) is 97.6 Å². The molecule has 5 rings (SSSR count). The average molecular weight is 499 g/mol. The van der Waals surface area contributed by atoms with Gasteiger partial charge in [0.1, 0.15) is 12.3 Å². The first-order valence-corrected chi connectivity index (χ1v) is 11.7. The Morgan fingerprint density at radius 2 is 1.58 bits per heavy atom. The molecule has 180 valence electrons. The predicted octanol–water partition coefficient (Wildman–Crippen LogP) is 4.76.